The molecule has 1 aromatic rings. The summed E-state index contributed by atoms with van der Waals surface area (Å²) in [6.45, 7) is 6.24. The Bertz CT molecular complexity index is 311. The summed E-state index contributed by atoms with van der Waals surface area (Å²) in [5.41, 5.74) is 6.86. The molecule has 0 radical (unpaired) electrons. The number of nitrogens with zero attached hydrogens (tertiary/aromatic N) is 2. The third kappa shape index (κ3) is 3.00. The predicted molar refractivity (Wildman–Crippen MR) is 63.9 cm³/mol. The number of aryl methyl sites for hydroxylation is 1. The molecule has 2 N–H and O–H groups in total. The fourth-order valence-corrected chi connectivity index (χ4v) is 2.97. The molecule has 2 heterocycles. The minimum Gasteiger partial charge on any atom is -0.330 e. The lowest BCUT2D eigenvalue weighted by Gasteiger charge is -2.31. The first-order chi connectivity index (χ1) is 7.28. The lowest BCUT2D eigenvalue weighted by molar-refractivity contribution is 0.171. The van der Waals surface area contributed by atoms with Crippen LogP contribution in [0.2, 0.25) is 0 Å². The maximum Gasteiger partial charge on any atom is 0.107 e. The molecule has 0 bridgehead atoms. The maximum atomic E-state index is 5.72. The van der Waals surface area contributed by atoms with E-state index in [1.54, 1.807) is 11.3 Å². The van der Waals surface area contributed by atoms with Crippen LogP contribution in [0.1, 0.15) is 23.5 Å². The minimum absolute atomic E-state index is 0.694. The summed E-state index contributed by atoms with van der Waals surface area (Å²) in [4.78, 5) is 6.99. The summed E-state index contributed by atoms with van der Waals surface area (Å²) in [5.74, 6) is 0.694. The number of nitrogens with two attached hydrogens (primary N) is 1. The Kier molecular flexibility index (Phi) is 3.72. The molecule has 0 spiro atoms. The molecule has 1 aliphatic heterocycles. The number of hydrogen-bond donors (Lipinski definition) is 1. The van der Waals surface area contributed by atoms with E-state index >= 15 is 0 Å². The van der Waals surface area contributed by atoms with Crippen molar-refractivity contribution in [2.45, 2.75) is 26.3 Å². The Morgan fingerprint density at radius 3 is 3.20 bits per heavy atom. The Labute approximate surface area is 95.3 Å². The highest BCUT2D eigenvalue weighted by Gasteiger charge is 2.19. The molecule has 0 amide bonds. The first-order valence-corrected chi connectivity index (χ1v) is 6.49. The molecule has 84 valence electrons. The highest BCUT2D eigenvalue weighted by Crippen LogP contribution is 2.19. The summed E-state index contributed by atoms with van der Waals surface area (Å²) in [6, 6.07) is 0. The normalized spacial score (nSPS) is 23.2. The third-order valence-corrected chi connectivity index (χ3v) is 3.91. The molecule has 15 heavy (non-hydrogen) atoms. The van der Waals surface area contributed by atoms with Crippen molar-refractivity contribution in [1.29, 1.82) is 0 Å². The van der Waals surface area contributed by atoms with Crippen LogP contribution in [0.3, 0.4) is 0 Å². The standard InChI is InChI=1S/C11H19N3S/c1-9-8-15-11(13-9)7-14-4-2-3-10(5-12)6-14/h8,10H,2-7,12H2,1H3. The SMILES string of the molecule is Cc1csc(CN2CCCC(CN)C2)n1. The zero-order chi connectivity index (χ0) is 10.7. The second-order valence-electron chi connectivity index (χ2n) is 4.36. The van der Waals surface area contributed by atoms with Crippen LogP contribution in [0, 0.1) is 12.8 Å². The molecule has 1 saturated heterocycles. The molecule has 2 rings (SSSR count). The average Bonchev–Trinajstić information content (AvgIpc) is 2.64. The van der Waals surface area contributed by atoms with Gasteiger partial charge in [-0.05, 0) is 38.8 Å². The van der Waals surface area contributed by atoms with Crippen LogP contribution in [0.25, 0.3) is 0 Å². The Morgan fingerprint density at radius 2 is 2.53 bits per heavy atom. The number of rotatable bonds is 3. The summed E-state index contributed by atoms with van der Waals surface area (Å²) >= 11 is 1.77. The van der Waals surface area contributed by atoms with Crippen molar-refractivity contribution in [1.82, 2.24) is 9.88 Å². The van der Waals surface area contributed by atoms with Crippen molar-refractivity contribution in [3.8, 4) is 0 Å². The third-order valence-electron chi connectivity index (χ3n) is 2.96. The predicted octanol–water partition coefficient (Wildman–Crippen LogP) is 1.62. The van der Waals surface area contributed by atoms with Crippen LogP contribution in [-0.4, -0.2) is 29.5 Å². The summed E-state index contributed by atoms with van der Waals surface area (Å²) in [6.07, 6.45) is 2.58. The average molecular weight is 225 g/mol. The van der Waals surface area contributed by atoms with Crippen molar-refractivity contribution in [2.24, 2.45) is 11.7 Å². The highest BCUT2D eigenvalue weighted by molar-refractivity contribution is 7.09. The molecule has 0 aliphatic carbocycles. The highest BCUT2D eigenvalue weighted by atomic mass is 32.1. The van der Waals surface area contributed by atoms with Crippen LogP contribution in [0.15, 0.2) is 5.38 Å². The summed E-state index contributed by atoms with van der Waals surface area (Å²) in [5, 5.41) is 3.37. The molecule has 1 aliphatic rings. The van der Waals surface area contributed by atoms with E-state index in [1.807, 2.05) is 0 Å². The number of hydrogen-bond acceptors (Lipinski definition) is 4. The quantitative estimate of drug-likeness (QED) is 0.850. The van der Waals surface area contributed by atoms with Crippen LogP contribution in [0.4, 0.5) is 0 Å². The van der Waals surface area contributed by atoms with Gasteiger partial charge in [-0.2, -0.15) is 0 Å². The van der Waals surface area contributed by atoms with E-state index in [9.17, 15) is 0 Å². The smallest absolute Gasteiger partial charge is 0.107 e. The second kappa shape index (κ2) is 5.05. The van der Waals surface area contributed by atoms with Crippen LogP contribution < -0.4 is 5.73 Å². The van der Waals surface area contributed by atoms with Gasteiger partial charge in [-0.1, -0.05) is 0 Å². The van der Waals surface area contributed by atoms with E-state index in [0.717, 1.165) is 25.3 Å². The van der Waals surface area contributed by atoms with Gasteiger partial charge in [0.1, 0.15) is 5.01 Å². The van der Waals surface area contributed by atoms with Gasteiger partial charge in [0.25, 0.3) is 0 Å². The fraction of sp³-hybridized carbons (Fsp3) is 0.727. The summed E-state index contributed by atoms with van der Waals surface area (Å²) in [7, 11) is 0. The Hall–Kier alpha value is -0.450. The zero-order valence-electron chi connectivity index (χ0n) is 9.28. The van der Waals surface area contributed by atoms with Gasteiger partial charge in [-0.3, -0.25) is 4.90 Å². The zero-order valence-corrected chi connectivity index (χ0v) is 10.1. The van der Waals surface area contributed by atoms with Crippen molar-refractivity contribution in [2.75, 3.05) is 19.6 Å². The van der Waals surface area contributed by atoms with Gasteiger partial charge in [0.2, 0.25) is 0 Å². The van der Waals surface area contributed by atoms with E-state index in [4.69, 9.17) is 5.73 Å². The van der Waals surface area contributed by atoms with Gasteiger partial charge >= 0.3 is 0 Å². The minimum atomic E-state index is 0.694. The number of thiazole rings is 1. The monoisotopic (exact) mass is 225 g/mol. The number of aromatic nitrogens is 1. The first kappa shape index (κ1) is 11.0. The van der Waals surface area contributed by atoms with E-state index < -0.39 is 0 Å². The number of piperidine rings is 1. The maximum absolute atomic E-state index is 5.72. The lowest BCUT2D eigenvalue weighted by atomic mass is 9.98. The lowest BCUT2D eigenvalue weighted by Crippen LogP contribution is -2.37. The second-order valence-corrected chi connectivity index (χ2v) is 5.30. The van der Waals surface area contributed by atoms with Gasteiger partial charge in [0.15, 0.2) is 0 Å². The molecular weight excluding hydrogens is 206 g/mol. The van der Waals surface area contributed by atoms with Crippen molar-refractivity contribution in [3.05, 3.63) is 16.1 Å². The fourth-order valence-electron chi connectivity index (χ4n) is 2.15. The largest absolute Gasteiger partial charge is 0.330 e. The summed E-state index contributed by atoms with van der Waals surface area (Å²) < 4.78 is 0. The molecule has 0 saturated carbocycles. The van der Waals surface area contributed by atoms with Crippen molar-refractivity contribution in [3.63, 3.8) is 0 Å². The first-order valence-electron chi connectivity index (χ1n) is 5.61. The van der Waals surface area contributed by atoms with Gasteiger partial charge < -0.3 is 5.73 Å². The van der Waals surface area contributed by atoms with Crippen molar-refractivity contribution < 1.29 is 0 Å². The molecule has 1 aromatic heterocycles. The van der Waals surface area contributed by atoms with E-state index in [1.165, 1.54) is 24.4 Å². The van der Waals surface area contributed by atoms with Gasteiger partial charge in [0, 0.05) is 17.6 Å². The Morgan fingerprint density at radius 1 is 1.67 bits per heavy atom. The number of likely N-dealkylation sites (tertiary alicyclic amines) is 1. The van der Waals surface area contributed by atoms with Crippen LogP contribution in [-0.2, 0) is 6.54 Å². The molecule has 1 fully saturated rings. The van der Waals surface area contributed by atoms with Gasteiger partial charge in [0.05, 0.1) is 6.54 Å². The van der Waals surface area contributed by atoms with Crippen molar-refractivity contribution >= 4 is 11.3 Å². The van der Waals surface area contributed by atoms with Gasteiger partial charge in [-0.15, -0.1) is 11.3 Å². The molecule has 1 atom stereocenters. The van der Waals surface area contributed by atoms with E-state index in [2.05, 4.69) is 22.2 Å². The topological polar surface area (TPSA) is 42.1 Å². The molecule has 1 unspecified atom stereocenters. The Balaban J connectivity index is 1.88. The molecule has 4 heteroatoms. The molecular formula is C11H19N3S. The van der Waals surface area contributed by atoms with Crippen LogP contribution >= 0.6 is 11.3 Å². The molecule has 0 aromatic carbocycles. The van der Waals surface area contributed by atoms with Crippen LogP contribution in [0.5, 0.6) is 0 Å². The van der Waals surface area contributed by atoms with E-state index in [0.29, 0.717) is 5.92 Å². The van der Waals surface area contributed by atoms with E-state index in [-0.39, 0.29) is 0 Å². The molecule has 3 nitrogen and oxygen atoms in total. The van der Waals surface area contributed by atoms with Gasteiger partial charge in [-0.25, -0.2) is 4.98 Å².